The summed E-state index contributed by atoms with van der Waals surface area (Å²) >= 11 is 0. The van der Waals surface area contributed by atoms with E-state index in [0.717, 1.165) is 31.1 Å². The average Bonchev–Trinajstić information content (AvgIpc) is 3.10. The Morgan fingerprint density at radius 1 is 0.396 bits per heavy atom. The van der Waals surface area contributed by atoms with Crippen molar-refractivity contribution in [2.75, 3.05) is 13.2 Å². The Morgan fingerprint density at radius 2 is 0.667 bits per heavy atom. The van der Waals surface area contributed by atoms with Gasteiger partial charge in [0.15, 0.2) is 0 Å². The average molecular weight is 665 g/mol. The Kier molecular flexibility index (Phi) is 25.7. The van der Waals surface area contributed by atoms with Crippen LogP contribution < -0.4 is 0 Å². The molecule has 0 amide bonds. The number of ether oxygens (including phenoxy) is 2. The third-order valence-corrected chi connectivity index (χ3v) is 9.81. The molecule has 0 bridgehead atoms. The van der Waals surface area contributed by atoms with Crippen LogP contribution in [0.25, 0.3) is 10.8 Å². The van der Waals surface area contributed by atoms with Crippen LogP contribution in [0.1, 0.15) is 214 Å². The summed E-state index contributed by atoms with van der Waals surface area (Å²) in [6.45, 7) is 5.35. The molecule has 2 aromatic rings. The summed E-state index contributed by atoms with van der Waals surface area (Å²) in [4.78, 5) is 26.1. The maximum absolute atomic E-state index is 13.1. The Bertz CT molecular complexity index is 1070. The zero-order valence-corrected chi connectivity index (χ0v) is 31.3. The number of carbonyl (C=O) groups excluding carboxylic acids is 2. The Morgan fingerprint density at radius 3 is 0.958 bits per heavy atom. The van der Waals surface area contributed by atoms with Gasteiger partial charge in [0.05, 0.1) is 24.3 Å². The molecule has 0 aliphatic heterocycles. The molecule has 0 fully saturated rings. The van der Waals surface area contributed by atoms with Gasteiger partial charge in [-0.25, -0.2) is 9.59 Å². The highest BCUT2D eigenvalue weighted by atomic mass is 16.5. The minimum absolute atomic E-state index is 0.360. The van der Waals surface area contributed by atoms with E-state index in [1.807, 2.05) is 24.3 Å². The van der Waals surface area contributed by atoms with Crippen LogP contribution >= 0.6 is 0 Å². The molecule has 0 saturated heterocycles. The van der Waals surface area contributed by atoms with Gasteiger partial charge in [-0.3, -0.25) is 0 Å². The SMILES string of the molecule is CCCCCCCCCCCCCCCCCCCCCCOC(=O)c1cccc2cccc(C(=O)OCCCCCCCCCC)c12. The van der Waals surface area contributed by atoms with E-state index >= 15 is 0 Å². The molecule has 0 radical (unpaired) electrons. The van der Waals surface area contributed by atoms with Gasteiger partial charge in [-0.1, -0.05) is 205 Å². The van der Waals surface area contributed by atoms with Gasteiger partial charge < -0.3 is 9.47 Å². The topological polar surface area (TPSA) is 52.6 Å². The van der Waals surface area contributed by atoms with Crippen molar-refractivity contribution in [3.63, 3.8) is 0 Å². The summed E-state index contributed by atoms with van der Waals surface area (Å²) < 4.78 is 11.3. The predicted octanol–water partition coefficient (Wildman–Crippen LogP) is 14.1. The summed E-state index contributed by atoms with van der Waals surface area (Å²) in [7, 11) is 0. The van der Waals surface area contributed by atoms with Gasteiger partial charge in [0.25, 0.3) is 0 Å². The summed E-state index contributed by atoms with van der Waals surface area (Å²) in [5.74, 6) is -0.723. The number of fused-ring (bicyclic) bond motifs is 1. The lowest BCUT2D eigenvalue weighted by molar-refractivity contribution is 0.0498. The fraction of sp³-hybridized carbons (Fsp3) is 0.727. The number of rotatable bonds is 32. The standard InChI is InChI=1S/C44H72O4/c1-3-5-7-9-11-13-14-15-16-17-18-19-20-21-22-23-24-26-28-30-38-48-44(46)41-36-32-34-39-33-31-35-40(42(39)41)43(45)47-37-29-27-25-12-10-8-6-4-2/h31-36H,3-30,37-38H2,1-2H3. The number of hydrogen-bond donors (Lipinski definition) is 0. The van der Waals surface area contributed by atoms with Crippen LogP contribution in [-0.4, -0.2) is 25.2 Å². The number of benzene rings is 2. The van der Waals surface area contributed by atoms with Gasteiger partial charge in [0.2, 0.25) is 0 Å². The molecule has 0 aliphatic carbocycles. The van der Waals surface area contributed by atoms with Crippen molar-refractivity contribution in [2.45, 2.75) is 194 Å². The lowest BCUT2D eigenvalue weighted by Gasteiger charge is -2.12. The van der Waals surface area contributed by atoms with Crippen LogP contribution in [0.5, 0.6) is 0 Å². The predicted molar refractivity (Wildman–Crippen MR) is 205 cm³/mol. The number of hydrogen-bond acceptors (Lipinski definition) is 4. The smallest absolute Gasteiger partial charge is 0.338 e. The summed E-state index contributed by atoms with van der Waals surface area (Å²) in [5, 5.41) is 1.49. The highest BCUT2D eigenvalue weighted by molar-refractivity contribution is 6.13. The molecular weight excluding hydrogens is 592 g/mol. The lowest BCUT2D eigenvalue weighted by Crippen LogP contribution is -2.11. The first-order valence-corrected chi connectivity index (χ1v) is 20.5. The Labute approximate surface area is 295 Å². The molecule has 0 spiro atoms. The fourth-order valence-electron chi connectivity index (χ4n) is 6.76. The molecule has 0 atom stereocenters. The van der Waals surface area contributed by atoms with Crippen LogP contribution in [0.2, 0.25) is 0 Å². The van der Waals surface area contributed by atoms with Gasteiger partial charge in [0, 0.05) is 5.39 Å². The Hall–Kier alpha value is -2.36. The Balaban J connectivity index is 1.52. The highest BCUT2D eigenvalue weighted by Gasteiger charge is 2.19. The first-order valence-electron chi connectivity index (χ1n) is 20.5. The fourth-order valence-corrected chi connectivity index (χ4v) is 6.76. The first kappa shape index (κ1) is 41.8. The van der Waals surface area contributed by atoms with E-state index in [2.05, 4.69) is 13.8 Å². The van der Waals surface area contributed by atoms with E-state index in [-0.39, 0.29) is 11.9 Å². The van der Waals surface area contributed by atoms with Gasteiger partial charge in [-0.05, 0) is 30.4 Å². The molecule has 0 N–H and O–H groups in total. The lowest BCUT2D eigenvalue weighted by atomic mass is 9.99. The van der Waals surface area contributed by atoms with Crippen LogP contribution in [0, 0.1) is 0 Å². The second kappa shape index (κ2) is 29.5. The van der Waals surface area contributed by atoms with Crippen molar-refractivity contribution < 1.29 is 19.1 Å². The van der Waals surface area contributed by atoms with Crippen molar-refractivity contribution in [1.82, 2.24) is 0 Å². The second-order valence-corrected chi connectivity index (χ2v) is 14.2. The molecule has 0 heterocycles. The largest absolute Gasteiger partial charge is 0.462 e. The van der Waals surface area contributed by atoms with E-state index in [4.69, 9.17) is 9.47 Å². The van der Waals surface area contributed by atoms with Crippen LogP contribution in [0.3, 0.4) is 0 Å². The maximum atomic E-state index is 13.1. The van der Waals surface area contributed by atoms with Crippen molar-refractivity contribution in [3.05, 3.63) is 47.5 Å². The van der Waals surface area contributed by atoms with E-state index in [9.17, 15) is 9.59 Å². The van der Waals surface area contributed by atoms with Crippen LogP contribution in [0.4, 0.5) is 0 Å². The number of unbranched alkanes of at least 4 members (excludes halogenated alkanes) is 26. The molecule has 2 rings (SSSR count). The molecule has 0 aromatic heterocycles. The first-order chi connectivity index (χ1) is 23.7. The van der Waals surface area contributed by atoms with Gasteiger partial charge in [-0.15, -0.1) is 0 Å². The second-order valence-electron chi connectivity index (χ2n) is 14.2. The zero-order valence-electron chi connectivity index (χ0n) is 31.3. The van der Waals surface area contributed by atoms with Crippen molar-refractivity contribution in [3.8, 4) is 0 Å². The third kappa shape index (κ3) is 19.6. The van der Waals surface area contributed by atoms with Crippen LogP contribution in [-0.2, 0) is 9.47 Å². The van der Waals surface area contributed by atoms with Gasteiger partial charge in [0.1, 0.15) is 0 Å². The molecule has 0 aliphatic rings. The molecule has 4 nitrogen and oxygen atoms in total. The maximum Gasteiger partial charge on any atom is 0.338 e. The van der Waals surface area contributed by atoms with E-state index in [1.54, 1.807) is 12.1 Å². The van der Waals surface area contributed by atoms with E-state index in [0.29, 0.717) is 29.7 Å². The normalized spacial score (nSPS) is 11.3. The summed E-state index contributed by atoms with van der Waals surface area (Å²) in [5.41, 5.74) is 0.888. The molecular formula is C44H72O4. The molecule has 0 saturated carbocycles. The molecule has 272 valence electrons. The summed E-state index contributed by atoms with van der Waals surface area (Å²) in [6, 6.07) is 11.1. The molecule has 48 heavy (non-hydrogen) atoms. The monoisotopic (exact) mass is 665 g/mol. The van der Waals surface area contributed by atoms with E-state index in [1.165, 1.54) is 154 Å². The number of carbonyl (C=O) groups is 2. The minimum atomic E-state index is -0.363. The molecule has 2 aromatic carbocycles. The van der Waals surface area contributed by atoms with Crippen LogP contribution in [0.15, 0.2) is 36.4 Å². The zero-order chi connectivity index (χ0) is 34.3. The van der Waals surface area contributed by atoms with Gasteiger partial charge in [-0.2, -0.15) is 0 Å². The van der Waals surface area contributed by atoms with Crippen molar-refractivity contribution in [1.29, 1.82) is 0 Å². The van der Waals surface area contributed by atoms with Gasteiger partial charge >= 0.3 is 11.9 Å². The number of esters is 2. The molecule has 4 heteroatoms. The van der Waals surface area contributed by atoms with E-state index < -0.39 is 0 Å². The third-order valence-electron chi connectivity index (χ3n) is 9.81. The quantitative estimate of drug-likeness (QED) is 0.0577. The minimum Gasteiger partial charge on any atom is -0.462 e. The van der Waals surface area contributed by atoms with Crippen molar-refractivity contribution >= 4 is 22.7 Å². The van der Waals surface area contributed by atoms with Crippen molar-refractivity contribution in [2.24, 2.45) is 0 Å². The summed E-state index contributed by atoms with van der Waals surface area (Å²) in [6.07, 6.45) is 36.5. The highest BCUT2D eigenvalue weighted by Crippen LogP contribution is 2.25. The molecule has 0 unspecified atom stereocenters.